The topological polar surface area (TPSA) is 6.48 Å². The Morgan fingerprint density at radius 2 is 0.654 bits per heavy atom. The standard InChI is InChI=1S/C76H72N2/c1-72(2,3)49-29-37-53(38-30-49)77(54-39-31-50(32-40-54)73(4,5)6)67-46-65-70(61-26-16-15-25-60(61)67)71-62-45-48-21-13-14-22-57(48)69(62)68(47-66(71)76(65)63-27-19-17-23-58(63)59-24-18-20-28-64(59)76)78(55-41-33-51(34-42-55)74(7,8)9)56-43-35-52(36-44-56)75(10,11)12/h13-44,46-47H,45H2,1-12H3. The maximum Gasteiger partial charge on any atom is 0.0727 e. The van der Waals surface area contributed by atoms with Gasteiger partial charge in [-0.1, -0.05) is 229 Å². The molecule has 0 bridgehead atoms. The smallest absolute Gasteiger partial charge is 0.0727 e. The summed E-state index contributed by atoms with van der Waals surface area (Å²) in [6.45, 7) is 27.7. The van der Waals surface area contributed by atoms with E-state index in [9.17, 15) is 0 Å². The van der Waals surface area contributed by atoms with Crippen molar-refractivity contribution in [2.45, 2.75) is 117 Å². The van der Waals surface area contributed by atoms with Crippen LogP contribution >= 0.6 is 0 Å². The predicted molar refractivity (Wildman–Crippen MR) is 333 cm³/mol. The minimum absolute atomic E-state index is 0.00977. The Balaban J connectivity index is 1.17. The normalized spacial score (nSPS) is 13.9. The molecule has 0 saturated heterocycles. The molecule has 0 radical (unpaired) electrons. The SMILES string of the molecule is CC(C)(C)c1ccc(N(c2ccc(C(C)(C)C)cc2)c2cc3c(c4c2-c2ccccc2C4)-c2c(cc(N(c4ccc(C(C)(C)C)cc4)c4ccc(C(C)(C)C)cc4)c4ccccc24)C32c3ccccc3-c3ccccc32)cc1. The highest BCUT2D eigenvalue weighted by Gasteiger charge is 2.54. The summed E-state index contributed by atoms with van der Waals surface area (Å²) in [5.74, 6) is 0. The van der Waals surface area contributed by atoms with Crippen LogP contribution in [0.2, 0.25) is 0 Å². The number of nitrogens with zero attached hydrogens (tertiary/aromatic N) is 2. The van der Waals surface area contributed by atoms with Gasteiger partial charge in [0.25, 0.3) is 0 Å². The lowest BCUT2D eigenvalue weighted by molar-refractivity contribution is 0.590. The highest BCUT2D eigenvalue weighted by atomic mass is 15.2. The van der Waals surface area contributed by atoms with Gasteiger partial charge in [0.1, 0.15) is 0 Å². The van der Waals surface area contributed by atoms with E-state index < -0.39 is 5.41 Å². The van der Waals surface area contributed by atoms with Gasteiger partial charge < -0.3 is 9.80 Å². The van der Waals surface area contributed by atoms with Gasteiger partial charge in [0.05, 0.1) is 16.8 Å². The van der Waals surface area contributed by atoms with Crippen LogP contribution in [0.5, 0.6) is 0 Å². The molecule has 13 rings (SSSR count). The van der Waals surface area contributed by atoms with E-state index in [-0.39, 0.29) is 21.7 Å². The van der Waals surface area contributed by atoms with Crippen molar-refractivity contribution in [1.82, 2.24) is 0 Å². The maximum atomic E-state index is 2.65. The third kappa shape index (κ3) is 7.65. The van der Waals surface area contributed by atoms with Gasteiger partial charge >= 0.3 is 0 Å². The van der Waals surface area contributed by atoms with Crippen molar-refractivity contribution in [1.29, 1.82) is 0 Å². The van der Waals surface area contributed by atoms with Gasteiger partial charge in [0.2, 0.25) is 0 Å². The second-order valence-corrected chi connectivity index (χ2v) is 26.6. The van der Waals surface area contributed by atoms with Crippen molar-refractivity contribution in [3.8, 4) is 33.4 Å². The van der Waals surface area contributed by atoms with E-state index in [4.69, 9.17) is 0 Å². The minimum atomic E-state index is -0.662. The van der Waals surface area contributed by atoms with Crippen LogP contribution in [0.1, 0.15) is 139 Å². The lowest BCUT2D eigenvalue weighted by Gasteiger charge is -2.35. The quantitative estimate of drug-likeness (QED) is 0.164. The summed E-state index contributed by atoms with van der Waals surface area (Å²) >= 11 is 0. The zero-order chi connectivity index (χ0) is 54.3. The van der Waals surface area contributed by atoms with Crippen molar-refractivity contribution in [2.24, 2.45) is 0 Å². The first-order valence-corrected chi connectivity index (χ1v) is 28.3. The van der Waals surface area contributed by atoms with E-state index in [1.165, 1.54) is 111 Å². The highest BCUT2D eigenvalue weighted by Crippen LogP contribution is 2.68. The number of fused-ring (bicyclic) bond motifs is 16. The Kier molecular flexibility index (Phi) is 11.2. The molecule has 3 aliphatic carbocycles. The van der Waals surface area contributed by atoms with Crippen molar-refractivity contribution in [2.75, 3.05) is 9.80 Å². The van der Waals surface area contributed by atoms with Crippen LogP contribution in [0.15, 0.2) is 206 Å². The molecule has 0 aromatic heterocycles. The van der Waals surface area contributed by atoms with Gasteiger partial charge in [-0.15, -0.1) is 0 Å². The summed E-state index contributed by atoms with van der Waals surface area (Å²) in [7, 11) is 0. The fourth-order valence-corrected chi connectivity index (χ4v) is 13.4. The molecule has 0 N–H and O–H groups in total. The average molecular weight is 1010 g/mol. The van der Waals surface area contributed by atoms with Gasteiger partial charge in [0.15, 0.2) is 0 Å². The van der Waals surface area contributed by atoms with E-state index in [0.717, 1.165) is 29.2 Å². The van der Waals surface area contributed by atoms with E-state index in [1.54, 1.807) is 0 Å². The zero-order valence-corrected chi connectivity index (χ0v) is 47.7. The molecule has 10 aromatic rings. The Hall–Kier alpha value is -7.94. The van der Waals surface area contributed by atoms with Gasteiger partial charge in [-0.2, -0.15) is 0 Å². The third-order valence-electron chi connectivity index (χ3n) is 17.5. The zero-order valence-electron chi connectivity index (χ0n) is 47.7. The Morgan fingerprint density at radius 3 is 1.09 bits per heavy atom. The van der Waals surface area contributed by atoms with Crippen molar-refractivity contribution >= 4 is 44.9 Å². The molecule has 3 aliphatic rings. The maximum absolute atomic E-state index is 2.65. The molecule has 10 aromatic carbocycles. The first-order valence-electron chi connectivity index (χ1n) is 28.3. The Morgan fingerprint density at radius 1 is 0.308 bits per heavy atom. The average Bonchev–Trinajstić information content (AvgIpc) is 2.98. The summed E-state index contributed by atoms with van der Waals surface area (Å²) < 4.78 is 0. The summed E-state index contributed by atoms with van der Waals surface area (Å²) in [6.07, 6.45) is 0.836. The lowest BCUT2D eigenvalue weighted by Crippen LogP contribution is -2.27. The van der Waals surface area contributed by atoms with Gasteiger partial charge in [0, 0.05) is 33.7 Å². The molecular weight excluding hydrogens is 941 g/mol. The third-order valence-corrected chi connectivity index (χ3v) is 17.5. The molecule has 386 valence electrons. The van der Waals surface area contributed by atoms with Crippen LogP contribution < -0.4 is 9.80 Å². The molecule has 0 saturated carbocycles. The molecule has 2 heteroatoms. The molecule has 0 heterocycles. The molecule has 0 atom stereocenters. The summed E-state index contributed by atoms with van der Waals surface area (Å²) in [5.41, 5.74) is 27.6. The van der Waals surface area contributed by atoms with Crippen LogP contribution in [-0.4, -0.2) is 0 Å². The Labute approximate surface area is 464 Å². The van der Waals surface area contributed by atoms with Crippen LogP contribution in [0.3, 0.4) is 0 Å². The second kappa shape index (κ2) is 17.5. The molecular formula is C76H72N2. The predicted octanol–water partition coefficient (Wildman–Crippen LogP) is 20.9. The summed E-state index contributed by atoms with van der Waals surface area (Å²) in [6, 6.07) is 80.0. The van der Waals surface area contributed by atoms with E-state index >= 15 is 0 Å². The molecule has 2 nitrogen and oxygen atoms in total. The molecule has 0 fully saturated rings. The first-order chi connectivity index (χ1) is 37.2. The molecule has 1 spiro atoms. The molecule has 0 aliphatic heterocycles. The van der Waals surface area contributed by atoms with Crippen molar-refractivity contribution < 1.29 is 0 Å². The molecule has 0 amide bonds. The summed E-state index contributed by atoms with van der Waals surface area (Å²) in [5, 5.41) is 2.50. The monoisotopic (exact) mass is 1010 g/mol. The molecule has 0 unspecified atom stereocenters. The van der Waals surface area contributed by atoms with Crippen LogP contribution in [0.4, 0.5) is 34.1 Å². The van der Waals surface area contributed by atoms with Crippen molar-refractivity contribution in [3.63, 3.8) is 0 Å². The van der Waals surface area contributed by atoms with E-state index in [1.807, 2.05) is 0 Å². The van der Waals surface area contributed by atoms with E-state index in [0.29, 0.717) is 0 Å². The fraction of sp³-hybridized carbons (Fsp3) is 0.237. The number of benzene rings is 10. The van der Waals surface area contributed by atoms with Crippen LogP contribution in [-0.2, 0) is 33.5 Å². The van der Waals surface area contributed by atoms with Crippen LogP contribution in [0.25, 0.3) is 44.2 Å². The van der Waals surface area contributed by atoms with Gasteiger partial charge in [-0.3, -0.25) is 0 Å². The second-order valence-electron chi connectivity index (χ2n) is 26.6. The molecule has 78 heavy (non-hydrogen) atoms. The summed E-state index contributed by atoms with van der Waals surface area (Å²) in [4.78, 5) is 5.12. The van der Waals surface area contributed by atoms with Gasteiger partial charge in [-0.05, 0) is 178 Å². The lowest BCUT2D eigenvalue weighted by atomic mass is 9.70. The van der Waals surface area contributed by atoms with E-state index in [2.05, 4.69) is 299 Å². The van der Waals surface area contributed by atoms with Gasteiger partial charge in [-0.25, -0.2) is 0 Å². The first kappa shape index (κ1) is 49.6. The highest BCUT2D eigenvalue weighted by molar-refractivity contribution is 6.15. The fourth-order valence-electron chi connectivity index (χ4n) is 13.4. The number of hydrogen-bond acceptors (Lipinski definition) is 2. The number of rotatable bonds is 6. The largest absolute Gasteiger partial charge is 0.310 e. The number of anilines is 6. The number of hydrogen-bond donors (Lipinski definition) is 0. The minimum Gasteiger partial charge on any atom is -0.310 e. The van der Waals surface area contributed by atoms with Crippen LogP contribution in [0, 0.1) is 0 Å². The van der Waals surface area contributed by atoms with Crippen molar-refractivity contribution in [3.05, 3.63) is 262 Å². The Bertz CT molecular complexity index is 3830.